The Hall–Kier alpha value is -1.74. The van der Waals surface area contributed by atoms with E-state index in [4.69, 9.17) is 9.11 Å². The van der Waals surface area contributed by atoms with Gasteiger partial charge in [0.05, 0.1) is 9.79 Å². The van der Waals surface area contributed by atoms with Gasteiger partial charge < -0.3 is 0 Å². The SMILES string of the molecule is CC(C)(c1cccc(S(=O)(=O)O)c1)c1cccc(S(=O)(=O)O)c1. The Kier molecular flexibility index (Phi) is 4.38. The monoisotopic (exact) mass is 356 g/mol. The minimum Gasteiger partial charge on any atom is -0.282 e. The summed E-state index contributed by atoms with van der Waals surface area (Å²) in [5.74, 6) is 0. The van der Waals surface area contributed by atoms with E-state index in [0.29, 0.717) is 11.1 Å². The summed E-state index contributed by atoms with van der Waals surface area (Å²) >= 11 is 0. The second kappa shape index (κ2) is 5.72. The maximum atomic E-state index is 11.3. The van der Waals surface area contributed by atoms with Crippen LogP contribution in [0.3, 0.4) is 0 Å². The summed E-state index contributed by atoms with van der Waals surface area (Å²) in [6.07, 6.45) is 0. The van der Waals surface area contributed by atoms with Gasteiger partial charge in [-0.05, 0) is 35.4 Å². The Balaban J connectivity index is 2.59. The minimum atomic E-state index is -4.34. The first-order valence-corrected chi connectivity index (χ1v) is 9.46. The largest absolute Gasteiger partial charge is 0.294 e. The van der Waals surface area contributed by atoms with Gasteiger partial charge in [0.1, 0.15) is 0 Å². The first-order valence-electron chi connectivity index (χ1n) is 6.58. The highest BCUT2D eigenvalue weighted by Crippen LogP contribution is 2.33. The standard InChI is InChI=1S/C15H16O6S2/c1-15(2,11-5-3-7-13(9-11)22(16,17)18)12-6-4-8-14(10-12)23(19,20)21/h3-10H,1-2H3,(H,16,17,18)(H,19,20,21). The van der Waals surface area contributed by atoms with Gasteiger partial charge in [0.2, 0.25) is 0 Å². The number of benzene rings is 2. The molecule has 0 bridgehead atoms. The third kappa shape index (κ3) is 3.78. The molecular weight excluding hydrogens is 340 g/mol. The Morgan fingerprint density at radius 1 is 0.739 bits per heavy atom. The van der Waals surface area contributed by atoms with Crippen LogP contribution in [0, 0.1) is 0 Å². The van der Waals surface area contributed by atoms with Crippen molar-refractivity contribution in [2.24, 2.45) is 0 Å². The first kappa shape index (κ1) is 17.6. The number of hydrogen-bond donors (Lipinski definition) is 2. The van der Waals surface area contributed by atoms with Gasteiger partial charge in [-0.3, -0.25) is 9.11 Å². The summed E-state index contributed by atoms with van der Waals surface area (Å²) < 4.78 is 63.4. The molecule has 0 atom stereocenters. The van der Waals surface area contributed by atoms with Crippen molar-refractivity contribution in [3.8, 4) is 0 Å². The van der Waals surface area contributed by atoms with E-state index in [2.05, 4.69) is 0 Å². The van der Waals surface area contributed by atoms with Crippen molar-refractivity contribution < 1.29 is 25.9 Å². The molecule has 0 radical (unpaired) electrons. The van der Waals surface area contributed by atoms with Crippen LogP contribution in [0.5, 0.6) is 0 Å². The van der Waals surface area contributed by atoms with Crippen molar-refractivity contribution in [2.45, 2.75) is 29.1 Å². The molecule has 124 valence electrons. The molecule has 6 nitrogen and oxygen atoms in total. The van der Waals surface area contributed by atoms with Gasteiger partial charge in [-0.15, -0.1) is 0 Å². The molecule has 0 unspecified atom stereocenters. The van der Waals surface area contributed by atoms with E-state index in [1.54, 1.807) is 26.0 Å². The van der Waals surface area contributed by atoms with Crippen molar-refractivity contribution in [1.29, 1.82) is 0 Å². The predicted octanol–water partition coefficient (Wildman–Crippen LogP) is 2.51. The van der Waals surface area contributed by atoms with Gasteiger partial charge in [0, 0.05) is 5.41 Å². The third-order valence-corrected chi connectivity index (χ3v) is 5.41. The topological polar surface area (TPSA) is 109 Å². The van der Waals surface area contributed by atoms with E-state index in [-0.39, 0.29) is 9.79 Å². The zero-order valence-corrected chi connectivity index (χ0v) is 14.1. The highest BCUT2D eigenvalue weighted by Gasteiger charge is 2.26. The Morgan fingerprint density at radius 3 is 1.39 bits per heavy atom. The Bertz CT molecular complexity index is 866. The maximum absolute atomic E-state index is 11.3. The van der Waals surface area contributed by atoms with Crippen LogP contribution >= 0.6 is 0 Å². The van der Waals surface area contributed by atoms with E-state index in [0.717, 1.165) is 0 Å². The molecule has 8 heteroatoms. The van der Waals surface area contributed by atoms with Crippen LogP contribution in [0.1, 0.15) is 25.0 Å². The van der Waals surface area contributed by atoms with E-state index in [1.807, 2.05) is 0 Å². The maximum Gasteiger partial charge on any atom is 0.294 e. The number of hydrogen-bond acceptors (Lipinski definition) is 4. The van der Waals surface area contributed by atoms with Crippen LogP contribution in [0.2, 0.25) is 0 Å². The summed E-state index contributed by atoms with van der Waals surface area (Å²) in [6.45, 7) is 3.55. The quantitative estimate of drug-likeness (QED) is 0.815. The van der Waals surface area contributed by atoms with Crippen molar-refractivity contribution in [2.75, 3.05) is 0 Å². The van der Waals surface area contributed by atoms with Crippen LogP contribution in [-0.2, 0) is 25.7 Å². The van der Waals surface area contributed by atoms with Gasteiger partial charge >= 0.3 is 0 Å². The van der Waals surface area contributed by atoms with Crippen molar-refractivity contribution >= 4 is 20.2 Å². The molecule has 0 aliphatic carbocycles. The predicted molar refractivity (Wildman–Crippen MR) is 84.6 cm³/mol. The Labute approximate surface area is 135 Å². The van der Waals surface area contributed by atoms with E-state index in [1.165, 1.54) is 36.4 Å². The second-order valence-electron chi connectivity index (χ2n) is 5.63. The van der Waals surface area contributed by atoms with Gasteiger partial charge in [0.25, 0.3) is 20.2 Å². The van der Waals surface area contributed by atoms with Gasteiger partial charge in [-0.2, -0.15) is 16.8 Å². The molecule has 0 aliphatic rings. The highest BCUT2D eigenvalue weighted by molar-refractivity contribution is 7.86. The molecule has 23 heavy (non-hydrogen) atoms. The molecule has 2 rings (SSSR count). The van der Waals surface area contributed by atoms with E-state index in [9.17, 15) is 16.8 Å². The second-order valence-corrected chi connectivity index (χ2v) is 8.47. The zero-order chi connectivity index (χ0) is 17.5. The fourth-order valence-corrected chi connectivity index (χ4v) is 3.31. The van der Waals surface area contributed by atoms with E-state index >= 15 is 0 Å². The molecular formula is C15H16O6S2. The fraction of sp³-hybridized carbons (Fsp3) is 0.200. The lowest BCUT2D eigenvalue weighted by atomic mass is 9.78. The zero-order valence-electron chi connectivity index (χ0n) is 12.5. The average molecular weight is 356 g/mol. The lowest BCUT2D eigenvalue weighted by molar-refractivity contribution is 0.481. The third-order valence-electron chi connectivity index (χ3n) is 3.71. The molecule has 2 N–H and O–H groups in total. The molecule has 0 spiro atoms. The van der Waals surface area contributed by atoms with Crippen LogP contribution in [0.4, 0.5) is 0 Å². The lowest BCUT2D eigenvalue weighted by Gasteiger charge is -2.26. The highest BCUT2D eigenvalue weighted by atomic mass is 32.2. The van der Waals surface area contributed by atoms with Gasteiger partial charge in [0.15, 0.2) is 0 Å². The minimum absolute atomic E-state index is 0.242. The lowest BCUT2D eigenvalue weighted by Crippen LogP contribution is -2.20. The summed E-state index contributed by atoms with van der Waals surface area (Å²) in [4.78, 5) is -0.483. The van der Waals surface area contributed by atoms with Crippen LogP contribution in [0.15, 0.2) is 58.3 Å². The molecule has 2 aromatic rings. The van der Waals surface area contributed by atoms with Gasteiger partial charge in [-0.25, -0.2) is 0 Å². The van der Waals surface area contributed by atoms with Gasteiger partial charge in [-0.1, -0.05) is 38.1 Å². The van der Waals surface area contributed by atoms with Crippen molar-refractivity contribution in [3.63, 3.8) is 0 Å². The molecule has 0 saturated heterocycles. The summed E-state index contributed by atoms with van der Waals surface area (Å²) in [5, 5.41) is 0. The molecule has 0 aliphatic heterocycles. The van der Waals surface area contributed by atoms with Crippen LogP contribution in [-0.4, -0.2) is 25.9 Å². The van der Waals surface area contributed by atoms with E-state index < -0.39 is 25.7 Å². The first-order chi connectivity index (χ1) is 10.4. The van der Waals surface area contributed by atoms with Crippen molar-refractivity contribution in [1.82, 2.24) is 0 Å². The molecule has 0 heterocycles. The fourth-order valence-electron chi connectivity index (χ4n) is 2.26. The molecule has 0 aromatic heterocycles. The average Bonchev–Trinajstić information content (AvgIpc) is 2.46. The molecule has 0 fully saturated rings. The normalized spacial score (nSPS) is 13.0. The molecule has 0 saturated carbocycles. The van der Waals surface area contributed by atoms with Crippen LogP contribution in [0.25, 0.3) is 0 Å². The summed E-state index contributed by atoms with van der Waals surface area (Å²) in [6, 6.07) is 11.5. The van der Waals surface area contributed by atoms with Crippen molar-refractivity contribution in [3.05, 3.63) is 59.7 Å². The smallest absolute Gasteiger partial charge is 0.282 e. The summed E-state index contributed by atoms with van der Waals surface area (Å²) in [7, 11) is -8.67. The van der Waals surface area contributed by atoms with Crippen LogP contribution < -0.4 is 0 Å². The number of rotatable bonds is 4. The molecule has 2 aromatic carbocycles. The Morgan fingerprint density at radius 2 is 1.09 bits per heavy atom. The summed E-state index contributed by atoms with van der Waals surface area (Å²) in [5.41, 5.74) is 0.390. The molecule has 0 amide bonds.